The number of carbonyl (C=O) groups is 2. The summed E-state index contributed by atoms with van der Waals surface area (Å²) < 4.78 is 6.08. The third-order valence-electron chi connectivity index (χ3n) is 5.16. The van der Waals surface area contributed by atoms with Gasteiger partial charge in [0.25, 0.3) is 17.4 Å². The molecule has 0 radical (unpaired) electrons. The maximum atomic E-state index is 13.0. The van der Waals surface area contributed by atoms with Crippen LogP contribution in [0.5, 0.6) is 0 Å². The number of aromatic nitrogens is 2. The average molecular weight is 443 g/mol. The van der Waals surface area contributed by atoms with E-state index in [-0.39, 0.29) is 36.9 Å². The molecule has 0 unspecified atom stereocenters. The normalized spacial score (nSPS) is 14.0. The summed E-state index contributed by atoms with van der Waals surface area (Å²) in [5, 5.41) is 0.419. The highest BCUT2D eigenvalue weighted by molar-refractivity contribution is 6.31. The summed E-state index contributed by atoms with van der Waals surface area (Å²) >= 11 is 6.14. The summed E-state index contributed by atoms with van der Waals surface area (Å²) in [6.45, 7) is 1.08. The van der Waals surface area contributed by atoms with Crippen molar-refractivity contribution in [1.82, 2.24) is 19.4 Å². The Bertz CT molecular complexity index is 1220. The number of piperazine rings is 1. The molecule has 0 aliphatic carbocycles. The van der Waals surface area contributed by atoms with Crippen molar-refractivity contribution in [3.05, 3.63) is 91.6 Å². The van der Waals surface area contributed by atoms with Crippen molar-refractivity contribution in [3.8, 4) is 0 Å². The first-order valence-electron chi connectivity index (χ1n) is 9.63. The van der Waals surface area contributed by atoms with Gasteiger partial charge in [0.05, 0.1) is 12.8 Å². The van der Waals surface area contributed by atoms with E-state index >= 15 is 0 Å². The highest BCUT2D eigenvalue weighted by Crippen LogP contribution is 2.15. The van der Waals surface area contributed by atoms with Crippen LogP contribution in [0.4, 0.5) is 0 Å². The highest BCUT2D eigenvalue weighted by Gasteiger charge is 2.28. The summed E-state index contributed by atoms with van der Waals surface area (Å²) in [5.41, 5.74) is -0.873. The second kappa shape index (κ2) is 8.65. The van der Waals surface area contributed by atoms with E-state index in [1.165, 1.54) is 11.2 Å². The zero-order chi connectivity index (χ0) is 22.0. The summed E-state index contributed by atoms with van der Waals surface area (Å²) in [7, 11) is 0. The largest absolute Gasteiger partial charge is 0.459 e. The molecule has 10 heteroatoms. The first-order chi connectivity index (χ1) is 15.0. The first-order valence-corrected chi connectivity index (χ1v) is 10.0. The van der Waals surface area contributed by atoms with Gasteiger partial charge in [0.15, 0.2) is 5.76 Å². The molecular formula is C21H19ClN4O5. The number of rotatable bonds is 4. The van der Waals surface area contributed by atoms with E-state index in [0.29, 0.717) is 23.7 Å². The lowest BCUT2D eigenvalue weighted by Crippen LogP contribution is -2.52. The number of amides is 2. The monoisotopic (exact) mass is 442 g/mol. The van der Waals surface area contributed by atoms with Gasteiger partial charge < -0.3 is 19.2 Å². The minimum Gasteiger partial charge on any atom is -0.459 e. The van der Waals surface area contributed by atoms with Crippen LogP contribution in [0.25, 0.3) is 0 Å². The number of H-pyrrole nitrogens is 1. The van der Waals surface area contributed by atoms with E-state index in [9.17, 15) is 19.2 Å². The summed E-state index contributed by atoms with van der Waals surface area (Å²) in [4.78, 5) is 56.0. The average Bonchev–Trinajstić information content (AvgIpc) is 3.32. The Morgan fingerprint density at radius 2 is 1.65 bits per heavy atom. The fourth-order valence-corrected chi connectivity index (χ4v) is 3.64. The van der Waals surface area contributed by atoms with Crippen LogP contribution in [0.3, 0.4) is 0 Å². The third-order valence-corrected chi connectivity index (χ3v) is 5.53. The van der Waals surface area contributed by atoms with Crippen molar-refractivity contribution in [3.63, 3.8) is 0 Å². The van der Waals surface area contributed by atoms with E-state index in [2.05, 4.69) is 4.98 Å². The predicted molar refractivity (Wildman–Crippen MR) is 112 cm³/mol. The van der Waals surface area contributed by atoms with Crippen LogP contribution in [0.15, 0.2) is 62.9 Å². The van der Waals surface area contributed by atoms with Crippen LogP contribution >= 0.6 is 11.6 Å². The van der Waals surface area contributed by atoms with E-state index in [4.69, 9.17) is 16.0 Å². The van der Waals surface area contributed by atoms with Gasteiger partial charge in [0, 0.05) is 37.4 Å². The smallest absolute Gasteiger partial charge is 0.328 e. The predicted octanol–water partition coefficient (Wildman–Crippen LogP) is 1.43. The molecule has 160 valence electrons. The van der Waals surface area contributed by atoms with Gasteiger partial charge in [-0.3, -0.25) is 19.0 Å². The summed E-state index contributed by atoms with van der Waals surface area (Å²) in [6.07, 6.45) is 2.56. The third kappa shape index (κ3) is 4.17. The molecule has 9 nitrogen and oxygen atoms in total. The van der Waals surface area contributed by atoms with Gasteiger partial charge in [0.2, 0.25) is 0 Å². The molecule has 0 bridgehead atoms. The Balaban J connectivity index is 1.51. The van der Waals surface area contributed by atoms with Crippen molar-refractivity contribution in [2.24, 2.45) is 0 Å². The van der Waals surface area contributed by atoms with Crippen LogP contribution in [-0.2, 0) is 6.54 Å². The second-order valence-electron chi connectivity index (χ2n) is 7.05. The molecule has 1 aromatic carbocycles. The van der Waals surface area contributed by atoms with Crippen LogP contribution < -0.4 is 11.2 Å². The molecule has 0 atom stereocenters. The Hall–Kier alpha value is -3.59. The number of hydrogen-bond donors (Lipinski definition) is 1. The van der Waals surface area contributed by atoms with E-state index in [1.54, 1.807) is 41.3 Å². The fraction of sp³-hybridized carbons (Fsp3) is 0.238. The molecule has 2 amide bonds. The molecule has 0 saturated carbocycles. The van der Waals surface area contributed by atoms with Gasteiger partial charge in [-0.05, 0) is 23.8 Å². The van der Waals surface area contributed by atoms with Gasteiger partial charge in [-0.1, -0.05) is 29.8 Å². The van der Waals surface area contributed by atoms with Crippen LogP contribution in [-0.4, -0.2) is 57.3 Å². The molecular weight excluding hydrogens is 424 g/mol. The molecule has 0 spiro atoms. The van der Waals surface area contributed by atoms with Crippen molar-refractivity contribution < 1.29 is 14.0 Å². The van der Waals surface area contributed by atoms with Gasteiger partial charge in [-0.15, -0.1) is 0 Å². The van der Waals surface area contributed by atoms with Crippen molar-refractivity contribution in [1.29, 1.82) is 0 Å². The number of nitrogens with zero attached hydrogens (tertiary/aromatic N) is 3. The number of carbonyl (C=O) groups excluding carboxylic acids is 2. The van der Waals surface area contributed by atoms with Gasteiger partial charge >= 0.3 is 5.69 Å². The quantitative estimate of drug-likeness (QED) is 0.657. The standard InChI is InChI=1S/C21H19ClN4O5/c22-16-5-2-1-4-14(16)13-26-19(28)15(12-23-21(26)30)18(27)24-7-9-25(10-8-24)20(29)17-6-3-11-31-17/h1-6,11-12H,7-10,13H2,(H,23,30). The number of aromatic amines is 1. The highest BCUT2D eigenvalue weighted by atomic mass is 35.5. The van der Waals surface area contributed by atoms with Crippen LogP contribution in [0.2, 0.25) is 5.02 Å². The molecule has 1 aliphatic rings. The fourth-order valence-electron chi connectivity index (χ4n) is 3.44. The summed E-state index contributed by atoms with van der Waals surface area (Å²) in [5.74, 6) is -0.509. The number of hydrogen-bond acceptors (Lipinski definition) is 5. The molecule has 1 saturated heterocycles. The molecule has 1 N–H and O–H groups in total. The van der Waals surface area contributed by atoms with Crippen molar-refractivity contribution >= 4 is 23.4 Å². The van der Waals surface area contributed by atoms with E-state index in [1.807, 2.05) is 0 Å². The lowest BCUT2D eigenvalue weighted by atomic mass is 10.2. The minimum absolute atomic E-state index is 0.0552. The van der Waals surface area contributed by atoms with Gasteiger partial charge in [-0.2, -0.15) is 0 Å². The molecule has 1 aliphatic heterocycles. The summed E-state index contributed by atoms with van der Waals surface area (Å²) in [6, 6.07) is 10.1. The first kappa shape index (κ1) is 20.7. The molecule has 3 aromatic rings. The number of benzene rings is 1. The van der Waals surface area contributed by atoms with E-state index in [0.717, 1.165) is 10.8 Å². The maximum absolute atomic E-state index is 13.0. The lowest BCUT2D eigenvalue weighted by molar-refractivity contribution is 0.0516. The molecule has 4 rings (SSSR count). The number of furan rings is 1. The zero-order valence-electron chi connectivity index (χ0n) is 16.4. The van der Waals surface area contributed by atoms with Gasteiger partial charge in [-0.25, -0.2) is 4.79 Å². The Morgan fingerprint density at radius 1 is 0.968 bits per heavy atom. The lowest BCUT2D eigenvalue weighted by Gasteiger charge is -2.34. The topological polar surface area (TPSA) is 109 Å². The number of halogens is 1. The van der Waals surface area contributed by atoms with Crippen LogP contribution in [0.1, 0.15) is 26.5 Å². The molecule has 31 heavy (non-hydrogen) atoms. The van der Waals surface area contributed by atoms with Gasteiger partial charge in [0.1, 0.15) is 5.56 Å². The SMILES string of the molecule is O=C(c1ccco1)N1CCN(C(=O)c2c[nH]c(=O)n(Cc3ccccc3Cl)c2=O)CC1. The van der Waals surface area contributed by atoms with Crippen molar-refractivity contribution in [2.45, 2.75) is 6.54 Å². The zero-order valence-corrected chi connectivity index (χ0v) is 17.2. The Labute approximate surface area is 181 Å². The Kier molecular flexibility index (Phi) is 5.77. The van der Waals surface area contributed by atoms with Crippen LogP contribution in [0, 0.1) is 0 Å². The molecule has 1 fully saturated rings. The van der Waals surface area contributed by atoms with E-state index < -0.39 is 17.2 Å². The molecule has 2 aromatic heterocycles. The Morgan fingerprint density at radius 3 is 2.29 bits per heavy atom. The number of nitrogens with one attached hydrogen (secondary N) is 1. The van der Waals surface area contributed by atoms with Crippen molar-refractivity contribution in [2.75, 3.05) is 26.2 Å². The minimum atomic E-state index is -0.692. The maximum Gasteiger partial charge on any atom is 0.328 e. The molecule has 3 heterocycles. The second-order valence-corrected chi connectivity index (χ2v) is 7.46.